The van der Waals surface area contributed by atoms with Crippen LogP contribution < -0.4 is 5.73 Å². The summed E-state index contributed by atoms with van der Waals surface area (Å²) in [7, 11) is 0. The molecule has 0 spiro atoms. The van der Waals surface area contributed by atoms with Gasteiger partial charge in [-0.3, -0.25) is 5.41 Å². The molecule has 1 rings (SSSR count). The lowest BCUT2D eigenvalue weighted by Crippen LogP contribution is -2.11. The van der Waals surface area contributed by atoms with E-state index in [4.69, 9.17) is 16.2 Å². The van der Waals surface area contributed by atoms with Crippen LogP contribution in [0, 0.1) is 5.41 Å². The Balaban J connectivity index is 2.56. The van der Waals surface area contributed by atoms with Crippen LogP contribution >= 0.6 is 0 Å². The Morgan fingerprint density at radius 2 is 1.88 bits per heavy atom. The maximum Gasteiger partial charge on any atom is 0.122 e. The molecular weight excluding hydrogens is 204 g/mol. The molecule has 1 aromatic carbocycles. The number of benzene rings is 1. The van der Waals surface area contributed by atoms with E-state index in [1.54, 1.807) is 24.3 Å². The second-order valence-electron chi connectivity index (χ2n) is 3.77. The van der Waals surface area contributed by atoms with Gasteiger partial charge in [-0.1, -0.05) is 24.3 Å². The van der Waals surface area contributed by atoms with Gasteiger partial charge in [0.25, 0.3) is 0 Å². The smallest absolute Gasteiger partial charge is 0.122 e. The summed E-state index contributed by atoms with van der Waals surface area (Å²) in [5.74, 6) is 0.0290. The lowest BCUT2D eigenvalue weighted by Gasteiger charge is -2.10. The summed E-state index contributed by atoms with van der Waals surface area (Å²) in [6.45, 7) is 0.163. The molecule has 16 heavy (non-hydrogen) atoms. The molecule has 0 heterocycles. The van der Waals surface area contributed by atoms with Gasteiger partial charge < -0.3 is 15.9 Å². The van der Waals surface area contributed by atoms with Gasteiger partial charge in [-0.25, -0.2) is 0 Å². The van der Waals surface area contributed by atoms with Crippen LogP contribution in [-0.4, -0.2) is 22.7 Å². The third-order valence-corrected chi connectivity index (χ3v) is 2.49. The Hall–Kier alpha value is -1.39. The van der Waals surface area contributed by atoms with Gasteiger partial charge in [0.05, 0.1) is 6.10 Å². The highest BCUT2D eigenvalue weighted by Gasteiger charge is 2.07. The molecule has 0 saturated heterocycles. The molecule has 0 aliphatic carbocycles. The maximum absolute atomic E-state index is 9.81. The summed E-state index contributed by atoms with van der Waals surface area (Å²) in [6.07, 6.45) is 1.64. The SMILES string of the molecule is N=C(N)c1ccc(C(O)CCCCO)cc1. The van der Waals surface area contributed by atoms with Gasteiger partial charge in [0, 0.05) is 12.2 Å². The molecule has 0 aliphatic heterocycles. The Morgan fingerprint density at radius 1 is 1.25 bits per heavy atom. The molecule has 1 unspecified atom stereocenters. The Kier molecular flexibility index (Phi) is 4.95. The summed E-state index contributed by atoms with van der Waals surface area (Å²) >= 11 is 0. The van der Waals surface area contributed by atoms with E-state index >= 15 is 0 Å². The average molecular weight is 222 g/mol. The van der Waals surface area contributed by atoms with E-state index in [0.29, 0.717) is 18.4 Å². The van der Waals surface area contributed by atoms with Crippen LogP contribution in [0.1, 0.15) is 36.5 Å². The topological polar surface area (TPSA) is 90.3 Å². The fourth-order valence-corrected chi connectivity index (χ4v) is 1.50. The molecule has 0 aromatic heterocycles. The van der Waals surface area contributed by atoms with Crippen molar-refractivity contribution in [2.75, 3.05) is 6.61 Å². The van der Waals surface area contributed by atoms with Gasteiger partial charge in [-0.2, -0.15) is 0 Å². The molecule has 4 nitrogen and oxygen atoms in total. The van der Waals surface area contributed by atoms with Crippen molar-refractivity contribution >= 4 is 5.84 Å². The van der Waals surface area contributed by atoms with Crippen LogP contribution in [-0.2, 0) is 0 Å². The molecule has 1 atom stereocenters. The molecular formula is C12H18N2O2. The van der Waals surface area contributed by atoms with Crippen LogP contribution in [0.25, 0.3) is 0 Å². The van der Waals surface area contributed by atoms with E-state index in [1.807, 2.05) is 0 Å². The van der Waals surface area contributed by atoms with Crippen molar-refractivity contribution in [1.82, 2.24) is 0 Å². The van der Waals surface area contributed by atoms with Crippen LogP contribution in [0.4, 0.5) is 0 Å². The molecule has 88 valence electrons. The van der Waals surface area contributed by atoms with Crippen LogP contribution in [0.2, 0.25) is 0 Å². The Labute approximate surface area is 95.2 Å². The summed E-state index contributed by atoms with van der Waals surface area (Å²) in [5.41, 5.74) is 6.81. The van der Waals surface area contributed by atoms with Gasteiger partial charge in [0.1, 0.15) is 5.84 Å². The summed E-state index contributed by atoms with van der Waals surface area (Å²) < 4.78 is 0. The first-order chi connectivity index (χ1) is 7.65. The van der Waals surface area contributed by atoms with Gasteiger partial charge in [-0.05, 0) is 24.8 Å². The van der Waals surface area contributed by atoms with E-state index in [9.17, 15) is 5.11 Å². The summed E-state index contributed by atoms with van der Waals surface area (Å²) in [5, 5.41) is 25.7. The fraction of sp³-hybridized carbons (Fsp3) is 0.417. The van der Waals surface area contributed by atoms with Crippen LogP contribution in [0.5, 0.6) is 0 Å². The zero-order valence-corrected chi connectivity index (χ0v) is 9.19. The average Bonchev–Trinajstić information content (AvgIpc) is 2.29. The zero-order valence-electron chi connectivity index (χ0n) is 9.19. The van der Waals surface area contributed by atoms with Gasteiger partial charge >= 0.3 is 0 Å². The van der Waals surface area contributed by atoms with Gasteiger partial charge in [0.15, 0.2) is 0 Å². The Bertz CT molecular complexity index is 335. The minimum Gasteiger partial charge on any atom is -0.396 e. The largest absolute Gasteiger partial charge is 0.396 e. The molecule has 0 aliphatic rings. The number of nitrogens with one attached hydrogen (secondary N) is 1. The van der Waals surface area contributed by atoms with Crippen molar-refractivity contribution in [3.63, 3.8) is 0 Å². The van der Waals surface area contributed by atoms with Crippen LogP contribution in [0.15, 0.2) is 24.3 Å². The summed E-state index contributed by atoms with van der Waals surface area (Å²) in [4.78, 5) is 0. The fourth-order valence-electron chi connectivity index (χ4n) is 1.50. The Morgan fingerprint density at radius 3 is 2.38 bits per heavy atom. The van der Waals surface area contributed by atoms with E-state index in [1.165, 1.54) is 0 Å². The second kappa shape index (κ2) is 6.25. The third-order valence-electron chi connectivity index (χ3n) is 2.49. The lowest BCUT2D eigenvalue weighted by molar-refractivity contribution is 0.159. The number of aliphatic hydroxyl groups is 2. The molecule has 4 heteroatoms. The highest BCUT2D eigenvalue weighted by Crippen LogP contribution is 2.19. The highest BCUT2D eigenvalue weighted by molar-refractivity contribution is 5.94. The lowest BCUT2D eigenvalue weighted by atomic mass is 10.0. The summed E-state index contributed by atoms with van der Waals surface area (Å²) in [6, 6.07) is 7.01. The first kappa shape index (κ1) is 12.7. The number of rotatable bonds is 6. The van der Waals surface area contributed by atoms with Crippen molar-refractivity contribution in [2.24, 2.45) is 5.73 Å². The number of aliphatic hydroxyl groups excluding tert-OH is 2. The molecule has 0 radical (unpaired) electrons. The van der Waals surface area contributed by atoms with Gasteiger partial charge in [-0.15, -0.1) is 0 Å². The number of nitrogens with two attached hydrogens (primary N) is 1. The number of hydrogen-bond donors (Lipinski definition) is 4. The number of nitrogen functional groups attached to an aromatic ring is 1. The number of amidine groups is 1. The standard InChI is InChI=1S/C12H18N2O2/c13-12(14)10-6-4-9(5-7-10)11(16)3-1-2-8-15/h4-7,11,15-16H,1-3,8H2,(H3,13,14). The van der Waals surface area contributed by atoms with E-state index in [0.717, 1.165) is 12.0 Å². The molecule has 0 bridgehead atoms. The monoisotopic (exact) mass is 222 g/mol. The molecule has 0 amide bonds. The molecule has 5 N–H and O–H groups in total. The number of unbranched alkanes of at least 4 members (excludes halogenated alkanes) is 1. The zero-order chi connectivity index (χ0) is 12.0. The van der Waals surface area contributed by atoms with Crippen molar-refractivity contribution in [3.05, 3.63) is 35.4 Å². The molecule has 0 saturated carbocycles. The van der Waals surface area contributed by atoms with Crippen molar-refractivity contribution in [3.8, 4) is 0 Å². The van der Waals surface area contributed by atoms with Crippen molar-refractivity contribution in [2.45, 2.75) is 25.4 Å². The van der Waals surface area contributed by atoms with E-state index in [-0.39, 0.29) is 12.4 Å². The third kappa shape index (κ3) is 3.64. The van der Waals surface area contributed by atoms with Crippen LogP contribution in [0.3, 0.4) is 0 Å². The first-order valence-corrected chi connectivity index (χ1v) is 5.38. The predicted octanol–water partition coefficient (Wildman–Crippen LogP) is 1.17. The predicted molar refractivity (Wildman–Crippen MR) is 63.4 cm³/mol. The second-order valence-corrected chi connectivity index (χ2v) is 3.77. The number of hydrogen-bond acceptors (Lipinski definition) is 3. The first-order valence-electron chi connectivity index (χ1n) is 5.38. The van der Waals surface area contributed by atoms with Gasteiger partial charge in [0.2, 0.25) is 0 Å². The highest BCUT2D eigenvalue weighted by atomic mass is 16.3. The molecule has 0 fully saturated rings. The van der Waals surface area contributed by atoms with Crippen molar-refractivity contribution in [1.29, 1.82) is 5.41 Å². The minimum absolute atomic E-state index is 0.0290. The molecule has 1 aromatic rings. The van der Waals surface area contributed by atoms with Crippen molar-refractivity contribution < 1.29 is 10.2 Å². The van der Waals surface area contributed by atoms with E-state index in [2.05, 4.69) is 0 Å². The quantitative estimate of drug-likeness (QED) is 0.331. The maximum atomic E-state index is 9.81. The minimum atomic E-state index is -0.507. The normalized spacial score (nSPS) is 12.4. The van der Waals surface area contributed by atoms with E-state index < -0.39 is 6.10 Å².